The normalized spacial score (nSPS) is 12.1. The van der Waals surface area contributed by atoms with Crippen LogP contribution >= 0.6 is 11.6 Å². The molecule has 0 fully saturated rings. The van der Waals surface area contributed by atoms with Gasteiger partial charge in [0.1, 0.15) is 0 Å². The maximum absolute atomic E-state index is 12.6. The molecular formula is C13H10ClF4NO. The third-order valence-electron chi connectivity index (χ3n) is 2.89. The van der Waals surface area contributed by atoms with E-state index in [-0.39, 0.29) is 23.4 Å². The number of ketones is 1. The Labute approximate surface area is 116 Å². The second-order valence-electron chi connectivity index (χ2n) is 4.24. The molecule has 0 N–H and O–H groups in total. The Kier molecular flexibility index (Phi) is 4.04. The molecule has 2 aromatic rings. The summed E-state index contributed by atoms with van der Waals surface area (Å²) >= 11 is 5.90. The third-order valence-corrected chi connectivity index (χ3v) is 3.21. The van der Waals surface area contributed by atoms with Crippen LogP contribution in [0.5, 0.6) is 0 Å². The smallest absolute Gasteiger partial charge is 0.347 e. The zero-order valence-electron chi connectivity index (χ0n) is 10.2. The van der Waals surface area contributed by atoms with Crippen LogP contribution in [0.4, 0.5) is 17.6 Å². The molecule has 20 heavy (non-hydrogen) atoms. The highest BCUT2D eigenvalue weighted by molar-refractivity contribution is 6.37. The average molecular weight is 308 g/mol. The first-order chi connectivity index (χ1) is 9.36. The van der Waals surface area contributed by atoms with E-state index in [1.807, 2.05) is 0 Å². The molecular weight excluding hydrogens is 298 g/mol. The zero-order valence-corrected chi connectivity index (χ0v) is 10.9. The van der Waals surface area contributed by atoms with Crippen molar-refractivity contribution in [2.24, 2.45) is 0 Å². The third kappa shape index (κ3) is 2.65. The van der Waals surface area contributed by atoms with Crippen molar-refractivity contribution in [1.29, 1.82) is 0 Å². The van der Waals surface area contributed by atoms with Crippen molar-refractivity contribution in [2.75, 3.05) is 6.67 Å². The summed E-state index contributed by atoms with van der Waals surface area (Å²) in [5.74, 6) is -1.95. The second-order valence-corrected chi connectivity index (χ2v) is 4.65. The van der Waals surface area contributed by atoms with Crippen LogP contribution < -0.4 is 0 Å². The highest BCUT2D eigenvalue weighted by Crippen LogP contribution is 2.33. The Hall–Kier alpha value is -1.56. The number of aryl methyl sites for hydroxylation is 1. The minimum Gasteiger partial charge on any atom is -0.347 e. The molecule has 7 heteroatoms. The summed E-state index contributed by atoms with van der Waals surface area (Å²) in [7, 11) is 0. The summed E-state index contributed by atoms with van der Waals surface area (Å²) in [6.07, 6.45) is -3.74. The molecule has 0 unspecified atom stereocenters. The van der Waals surface area contributed by atoms with Crippen molar-refractivity contribution in [2.45, 2.75) is 19.1 Å². The van der Waals surface area contributed by atoms with Gasteiger partial charge in [-0.3, -0.25) is 9.18 Å². The van der Waals surface area contributed by atoms with Crippen LogP contribution in [0.15, 0.2) is 24.4 Å². The maximum atomic E-state index is 12.6. The van der Waals surface area contributed by atoms with Gasteiger partial charge in [-0.25, -0.2) is 0 Å². The van der Waals surface area contributed by atoms with E-state index in [0.29, 0.717) is 5.52 Å². The van der Waals surface area contributed by atoms with Gasteiger partial charge >= 0.3 is 6.18 Å². The number of Topliss-reactive ketones (excluding diaryl/α,β-unsaturated/α-hetero) is 1. The van der Waals surface area contributed by atoms with Crippen LogP contribution in [-0.2, 0) is 6.54 Å². The molecule has 0 amide bonds. The maximum Gasteiger partial charge on any atom is 0.454 e. The van der Waals surface area contributed by atoms with Crippen LogP contribution in [0.1, 0.15) is 16.8 Å². The number of halogens is 5. The Bertz CT molecular complexity index is 648. The van der Waals surface area contributed by atoms with E-state index in [2.05, 4.69) is 0 Å². The zero-order chi connectivity index (χ0) is 14.9. The molecule has 0 aliphatic carbocycles. The minimum absolute atomic E-state index is 0.0512. The van der Waals surface area contributed by atoms with Gasteiger partial charge in [0.15, 0.2) is 0 Å². The van der Waals surface area contributed by atoms with Gasteiger partial charge in [-0.15, -0.1) is 0 Å². The van der Waals surface area contributed by atoms with E-state index in [9.17, 15) is 22.4 Å². The minimum atomic E-state index is -4.97. The lowest BCUT2D eigenvalue weighted by atomic mass is 10.1. The van der Waals surface area contributed by atoms with Gasteiger partial charge in [-0.05, 0) is 18.6 Å². The molecule has 0 spiro atoms. The van der Waals surface area contributed by atoms with E-state index in [1.54, 1.807) is 12.1 Å². The Morgan fingerprint density at radius 3 is 2.60 bits per heavy atom. The Morgan fingerprint density at radius 2 is 2.00 bits per heavy atom. The fraction of sp³-hybridized carbons (Fsp3) is 0.308. The van der Waals surface area contributed by atoms with Gasteiger partial charge in [-0.2, -0.15) is 13.2 Å². The molecule has 0 aliphatic heterocycles. The van der Waals surface area contributed by atoms with Gasteiger partial charge in [0.05, 0.1) is 22.8 Å². The largest absolute Gasteiger partial charge is 0.454 e. The SMILES string of the molecule is O=C(c1cn(CCCF)c2cccc(Cl)c12)C(F)(F)F. The number of aromatic nitrogens is 1. The molecule has 0 bridgehead atoms. The van der Waals surface area contributed by atoms with Crippen LogP contribution in [-0.4, -0.2) is 23.2 Å². The average Bonchev–Trinajstić information content (AvgIpc) is 2.74. The Balaban J connectivity index is 2.63. The predicted octanol–water partition coefficient (Wildman–Crippen LogP) is 4.40. The van der Waals surface area contributed by atoms with Crippen LogP contribution in [0.2, 0.25) is 5.02 Å². The van der Waals surface area contributed by atoms with Crippen molar-refractivity contribution in [3.05, 3.63) is 35.0 Å². The van der Waals surface area contributed by atoms with Gasteiger partial charge < -0.3 is 4.57 Å². The quantitative estimate of drug-likeness (QED) is 0.606. The summed E-state index contributed by atoms with van der Waals surface area (Å²) in [6, 6.07) is 4.53. The molecule has 0 saturated carbocycles. The first-order valence-corrected chi connectivity index (χ1v) is 6.19. The lowest BCUT2D eigenvalue weighted by molar-refractivity contribution is -0.0884. The highest BCUT2D eigenvalue weighted by atomic mass is 35.5. The number of nitrogens with zero attached hydrogens (tertiary/aromatic N) is 1. The van der Waals surface area contributed by atoms with Gasteiger partial charge in [-0.1, -0.05) is 17.7 Å². The van der Waals surface area contributed by atoms with E-state index < -0.39 is 24.2 Å². The van der Waals surface area contributed by atoms with E-state index >= 15 is 0 Å². The van der Waals surface area contributed by atoms with Gasteiger partial charge in [0.25, 0.3) is 5.78 Å². The lowest BCUT2D eigenvalue weighted by Gasteiger charge is -2.04. The standard InChI is InChI=1S/C13H10ClF4NO/c14-9-3-1-4-10-11(9)8(12(20)13(16,17)18)7-19(10)6-2-5-15/h1,3-4,7H,2,5-6H2. The van der Waals surface area contributed by atoms with E-state index in [4.69, 9.17) is 11.6 Å². The number of rotatable bonds is 4. The van der Waals surface area contributed by atoms with Crippen LogP contribution in [0.3, 0.4) is 0 Å². The predicted molar refractivity (Wildman–Crippen MR) is 67.9 cm³/mol. The molecule has 0 atom stereocenters. The summed E-state index contributed by atoms with van der Waals surface area (Å²) in [4.78, 5) is 11.4. The van der Waals surface area contributed by atoms with Crippen LogP contribution in [0.25, 0.3) is 10.9 Å². The molecule has 1 aromatic heterocycles. The topological polar surface area (TPSA) is 22.0 Å². The Morgan fingerprint density at radius 1 is 1.30 bits per heavy atom. The molecule has 0 saturated heterocycles. The lowest BCUT2D eigenvalue weighted by Crippen LogP contribution is -2.22. The summed E-state index contributed by atoms with van der Waals surface area (Å²) in [5.41, 5.74) is -0.115. The van der Waals surface area contributed by atoms with Gasteiger partial charge in [0.2, 0.25) is 0 Å². The van der Waals surface area contributed by atoms with Crippen molar-refractivity contribution < 1.29 is 22.4 Å². The van der Waals surface area contributed by atoms with Crippen molar-refractivity contribution in [1.82, 2.24) is 4.57 Å². The fourth-order valence-electron chi connectivity index (χ4n) is 2.05. The molecule has 108 valence electrons. The first kappa shape index (κ1) is 14.8. The monoisotopic (exact) mass is 307 g/mol. The number of carbonyl (C=O) groups is 1. The summed E-state index contributed by atoms with van der Waals surface area (Å²) in [5, 5.41) is 0.115. The van der Waals surface area contributed by atoms with Crippen LogP contribution in [0, 0.1) is 0 Å². The summed E-state index contributed by atoms with van der Waals surface area (Å²) < 4.78 is 51.4. The summed E-state index contributed by atoms with van der Waals surface area (Å²) in [6.45, 7) is -0.415. The number of carbonyl (C=O) groups excluding carboxylic acids is 1. The van der Waals surface area contributed by atoms with E-state index in [1.165, 1.54) is 10.6 Å². The van der Waals surface area contributed by atoms with Gasteiger partial charge in [0, 0.05) is 18.1 Å². The second kappa shape index (κ2) is 5.44. The number of benzene rings is 1. The van der Waals surface area contributed by atoms with E-state index in [0.717, 1.165) is 6.20 Å². The number of alkyl halides is 4. The molecule has 1 aromatic carbocycles. The molecule has 2 nitrogen and oxygen atoms in total. The molecule has 2 rings (SSSR count). The number of hydrogen-bond donors (Lipinski definition) is 0. The van der Waals surface area contributed by atoms with Crippen molar-refractivity contribution in [3.63, 3.8) is 0 Å². The number of hydrogen-bond acceptors (Lipinski definition) is 1. The number of fused-ring (bicyclic) bond motifs is 1. The van der Waals surface area contributed by atoms with Crippen molar-refractivity contribution >= 4 is 28.3 Å². The molecule has 1 heterocycles. The first-order valence-electron chi connectivity index (χ1n) is 5.81. The molecule has 0 aliphatic rings. The fourth-order valence-corrected chi connectivity index (χ4v) is 2.32. The highest BCUT2D eigenvalue weighted by Gasteiger charge is 2.41. The van der Waals surface area contributed by atoms with Crippen molar-refractivity contribution in [3.8, 4) is 0 Å². The molecule has 0 radical (unpaired) electrons.